The van der Waals surface area contributed by atoms with Crippen LogP contribution in [0.15, 0.2) is 109 Å². The molecule has 0 aliphatic carbocycles. The minimum atomic E-state index is -0.814. The summed E-state index contributed by atoms with van der Waals surface area (Å²) < 4.78 is 16.9. The third-order valence-electron chi connectivity index (χ3n) is 13.7. The van der Waals surface area contributed by atoms with Crippen LogP contribution in [-0.2, 0) is 28.6 Å². The summed E-state index contributed by atoms with van der Waals surface area (Å²) >= 11 is 0. The van der Waals surface area contributed by atoms with E-state index in [1.54, 1.807) is 0 Å². The van der Waals surface area contributed by atoms with E-state index in [4.69, 9.17) is 14.2 Å². The Balaban J connectivity index is 4.47. The molecule has 6 nitrogen and oxygen atoms in total. The van der Waals surface area contributed by atoms with Gasteiger partial charge in [0.1, 0.15) is 13.2 Å². The van der Waals surface area contributed by atoms with Gasteiger partial charge in [0.25, 0.3) is 0 Å². The minimum Gasteiger partial charge on any atom is -0.462 e. The Morgan fingerprint density at radius 3 is 0.909 bits per heavy atom. The van der Waals surface area contributed by atoms with Gasteiger partial charge in [-0.05, 0) is 116 Å². The highest BCUT2D eigenvalue weighted by Gasteiger charge is 2.19. The molecule has 77 heavy (non-hydrogen) atoms. The number of carbonyl (C=O) groups is 3. The lowest BCUT2D eigenvalue weighted by molar-refractivity contribution is -0.166. The van der Waals surface area contributed by atoms with E-state index in [0.29, 0.717) is 19.3 Å². The summed E-state index contributed by atoms with van der Waals surface area (Å²) in [7, 11) is 0. The van der Waals surface area contributed by atoms with E-state index in [2.05, 4.69) is 124 Å². The molecule has 0 aromatic carbocycles. The fourth-order valence-corrected chi connectivity index (χ4v) is 8.91. The molecule has 0 radical (unpaired) electrons. The van der Waals surface area contributed by atoms with Gasteiger partial charge in [-0.15, -0.1) is 0 Å². The molecule has 0 N–H and O–H groups in total. The van der Waals surface area contributed by atoms with Crippen LogP contribution >= 0.6 is 0 Å². The molecule has 0 unspecified atom stereocenters. The molecular weight excluding hydrogens is 949 g/mol. The number of hydrogen-bond donors (Lipinski definition) is 0. The highest BCUT2D eigenvalue weighted by atomic mass is 16.6. The summed E-state index contributed by atoms with van der Waals surface area (Å²) in [6.07, 6.45) is 88.2. The van der Waals surface area contributed by atoms with E-state index in [-0.39, 0.29) is 37.5 Å². The topological polar surface area (TPSA) is 78.9 Å². The van der Waals surface area contributed by atoms with Crippen molar-refractivity contribution in [3.8, 4) is 0 Å². The zero-order valence-electron chi connectivity index (χ0n) is 50.4. The molecule has 0 bridgehead atoms. The molecule has 0 amide bonds. The van der Waals surface area contributed by atoms with Gasteiger partial charge < -0.3 is 14.2 Å². The van der Waals surface area contributed by atoms with Crippen LogP contribution in [0.2, 0.25) is 0 Å². The number of ether oxygens (including phenoxy) is 3. The van der Waals surface area contributed by atoms with Crippen molar-refractivity contribution in [2.24, 2.45) is 0 Å². The monoisotopic (exact) mass is 1070 g/mol. The van der Waals surface area contributed by atoms with Gasteiger partial charge in [0.05, 0.1) is 0 Å². The second-order valence-corrected chi connectivity index (χ2v) is 21.3. The van der Waals surface area contributed by atoms with E-state index >= 15 is 0 Å². The second kappa shape index (κ2) is 64.6. The summed E-state index contributed by atoms with van der Waals surface area (Å²) in [6, 6.07) is 0. The molecule has 0 aromatic heterocycles. The van der Waals surface area contributed by atoms with Gasteiger partial charge in [0, 0.05) is 19.3 Å². The van der Waals surface area contributed by atoms with E-state index in [9.17, 15) is 14.4 Å². The van der Waals surface area contributed by atoms with Crippen molar-refractivity contribution in [1.82, 2.24) is 0 Å². The van der Waals surface area contributed by atoms with Crippen molar-refractivity contribution in [3.63, 3.8) is 0 Å². The Bertz CT molecular complexity index is 1560. The lowest BCUT2D eigenvalue weighted by Gasteiger charge is -2.18. The first-order chi connectivity index (χ1) is 38.0. The van der Waals surface area contributed by atoms with Crippen molar-refractivity contribution in [2.45, 2.75) is 309 Å². The van der Waals surface area contributed by atoms with Crippen LogP contribution in [0.1, 0.15) is 303 Å². The largest absolute Gasteiger partial charge is 0.462 e. The van der Waals surface area contributed by atoms with Crippen LogP contribution in [-0.4, -0.2) is 37.2 Å². The average molecular weight is 1070 g/mol. The first-order valence-corrected chi connectivity index (χ1v) is 32.4. The molecule has 0 heterocycles. The Hall–Kier alpha value is -3.93. The molecule has 6 heteroatoms. The van der Waals surface area contributed by atoms with Crippen LogP contribution in [0.5, 0.6) is 0 Å². The van der Waals surface area contributed by atoms with Gasteiger partial charge in [-0.2, -0.15) is 0 Å². The highest BCUT2D eigenvalue weighted by Crippen LogP contribution is 2.16. The number of unbranched alkanes of at least 4 members (excludes halogenated alkanes) is 29. The normalized spacial score (nSPS) is 12.8. The Morgan fingerprint density at radius 2 is 0.532 bits per heavy atom. The van der Waals surface area contributed by atoms with E-state index in [1.807, 2.05) is 6.08 Å². The van der Waals surface area contributed by atoms with Crippen molar-refractivity contribution in [3.05, 3.63) is 109 Å². The zero-order valence-corrected chi connectivity index (χ0v) is 50.4. The van der Waals surface area contributed by atoms with Crippen LogP contribution in [0.25, 0.3) is 0 Å². The van der Waals surface area contributed by atoms with Gasteiger partial charge in [-0.1, -0.05) is 278 Å². The third kappa shape index (κ3) is 62.8. The van der Waals surface area contributed by atoms with Crippen molar-refractivity contribution < 1.29 is 28.6 Å². The lowest BCUT2D eigenvalue weighted by atomic mass is 10.0. The van der Waals surface area contributed by atoms with E-state index in [1.165, 1.54) is 173 Å². The molecule has 0 saturated carbocycles. The predicted molar refractivity (Wildman–Crippen MR) is 334 cm³/mol. The first kappa shape index (κ1) is 73.1. The maximum Gasteiger partial charge on any atom is 0.306 e. The number of carbonyl (C=O) groups excluding carboxylic acids is 3. The van der Waals surface area contributed by atoms with Crippen LogP contribution in [0.4, 0.5) is 0 Å². The van der Waals surface area contributed by atoms with Gasteiger partial charge in [0.2, 0.25) is 0 Å². The summed E-state index contributed by atoms with van der Waals surface area (Å²) in [4.78, 5) is 38.3. The predicted octanol–water partition coefficient (Wildman–Crippen LogP) is 22.2. The maximum absolute atomic E-state index is 12.9. The summed E-state index contributed by atoms with van der Waals surface area (Å²) in [5.41, 5.74) is 0. The SMILES string of the molecule is CC/C=C\C/C=C\C/C=C\C/C=C\C/C=C\C/C=C\CCC(=O)OC[C@H](COC(=O)CCCCCCCCCCCCC/C=C\CCCCCCCC)OC(=O)CCCCCCCCCCC/C=C\C/C=C\CCCCC. The van der Waals surface area contributed by atoms with Crippen molar-refractivity contribution in [2.75, 3.05) is 13.2 Å². The minimum absolute atomic E-state index is 0.103. The van der Waals surface area contributed by atoms with Crippen molar-refractivity contribution in [1.29, 1.82) is 0 Å². The molecule has 0 aliphatic rings. The van der Waals surface area contributed by atoms with Gasteiger partial charge in [-0.25, -0.2) is 0 Å². The molecule has 0 spiro atoms. The summed E-state index contributed by atoms with van der Waals surface area (Å²) in [6.45, 7) is 6.46. The smallest absolute Gasteiger partial charge is 0.306 e. The maximum atomic E-state index is 12.9. The summed E-state index contributed by atoms with van der Waals surface area (Å²) in [5, 5.41) is 0. The Morgan fingerprint density at radius 1 is 0.273 bits per heavy atom. The number of hydrogen-bond acceptors (Lipinski definition) is 6. The molecule has 440 valence electrons. The fraction of sp³-hybridized carbons (Fsp3) is 0.704. The van der Waals surface area contributed by atoms with Gasteiger partial charge in [-0.3, -0.25) is 14.4 Å². The molecular formula is C71H120O6. The molecule has 1 atom stereocenters. The molecule has 0 aromatic rings. The number of allylic oxidation sites excluding steroid dienone is 18. The zero-order chi connectivity index (χ0) is 55.7. The number of rotatable bonds is 58. The third-order valence-corrected chi connectivity index (χ3v) is 13.7. The van der Waals surface area contributed by atoms with E-state index in [0.717, 1.165) is 83.5 Å². The van der Waals surface area contributed by atoms with Gasteiger partial charge >= 0.3 is 17.9 Å². The van der Waals surface area contributed by atoms with Crippen molar-refractivity contribution >= 4 is 17.9 Å². The molecule has 0 saturated heterocycles. The molecule has 0 fully saturated rings. The average Bonchev–Trinajstić information content (AvgIpc) is 3.43. The standard InChI is InChI=1S/C71H120O6/c1-4-7-10-13-16-19-22-25-28-31-34-35-38-40-43-46-49-52-55-58-61-64-70(73)76-67-68(77-71(74)65-62-59-56-53-50-47-44-41-37-33-30-27-24-21-18-15-12-9-6-3)66-75-69(72)63-60-57-54-51-48-45-42-39-36-32-29-26-23-20-17-14-11-8-5-2/h8,11,17-18,20-21,25-30,36,39,45,48,54,57,68H,4-7,9-10,12-16,19,22-24,31-35,37-38,40-44,46-47,49-53,55-56,58-67H2,1-3H3/b11-8-,20-17-,21-18-,28-25-,29-26-,30-27-,39-36-,48-45-,57-54-/t68-/m1/s1. The van der Waals surface area contributed by atoms with Crippen LogP contribution in [0, 0.1) is 0 Å². The highest BCUT2D eigenvalue weighted by molar-refractivity contribution is 5.71. The Labute approximate surface area is 476 Å². The van der Waals surface area contributed by atoms with E-state index < -0.39 is 6.10 Å². The van der Waals surface area contributed by atoms with Crippen LogP contribution in [0.3, 0.4) is 0 Å². The Kier molecular flexibility index (Phi) is 61.3. The summed E-state index contributed by atoms with van der Waals surface area (Å²) in [5.74, 6) is -0.988. The molecule has 0 aliphatic heterocycles. The quantitative estimate of drug-likeness (QED) is 0.0261. The lowest BCUT2D eigenvalue weighted by Crippen LogP contribution is -2.30. The fourth-order valence-electron chi connectivity index (χ4n) is 8.91. The van der Waals surface area contributed by atoms with Gasteiger partial charge in [0.15, 0.2) is 6.10 Å². The molecule has 0 rings (SSSR count). The first-order valence-electron chi connectivity index (χ1n) is 32.4. The van der Waals surface area contributed by atoms with Crippen LogP contribution < -0.4 is 0 Å². The second-order valence-electron chi connectivity index (χ2n) is 21.3. The number of esters is 3.